The van der Waals surface area contributed by atoms with Crippen molar-refractivity contribution in [3.63, 3.8) is 0 Å². The van der Waals surface area contributed by atoms with Crippen LogP contribution in [-0.4, -0.2) is 32.1 Å². The van der Waals surface area contributed by atoms with Crippen LogP contribution in [0.1, 0.15) is 18.4 Å². The van der Waals surface area contributed by atoms with Gasteiger partial charge in [-0.15, -0.1) is 0 Å². The Morgan fingerprint density at radius 3 is 2.78 bits per heavy atom. The lowest BCUT2D eigenvalue weighted by molar-refractivity contribution is -0.140. The molecule has 0 fully saturated rings. The zero-order valence-corrected chi connectivity index (χ0v) is 13.9. The van der Waals surface area contributed by atoms with Crippen LogP contribution in [0.3, 0.4) is 0 Å². The lowest BCUT2D eigenvalue weighted by atomic mass is 10.2. The van der Waals surface area contributed by atoms with Gasteiger partial charge in [0.15, 0.2) is 0 Å². The number of hydrogen-bond acceptors (Lipinski definition) is 4. The Bertz CT molecular complexity index is 579. The topological polar surface area (TPSA) is 64.6 Å². The summed E-state index contributed by atoms with van der Waals surface area (Å²) < 4.78 is 34.2. The standard InChI is InChI=1S/C15H16BrF2NO4/c1-22-14(21)3-2-8-19-13(20)7-4-10-9-11(16)5-6-12(10)23-15(17)18/h4-7,9,15H,2-3,8H2,1H3,(H,19,20)/b7-4+. The number of esters is 1. The van der Waals surface area contributed by atoms with Crippen LogP contribution in [0.25, 0.3) is 6.08 Å². The number of benzene rings is 1. The summed E-state index contributed by atoms with van der Waals surface area (Å²) in [6.07, 6.45) is 3.23. The molecule has 0 bridgehead atoms. The van der Waals surface area contributed by atoms with Gasteiger partial charge >= 0.3 is 12.6 Å². The number of amides is 1. The Kier molecular flexibility index (Phi) is 8.25. The Morgan fingerprint density at radius 2 is 2.13 bits per heavy atom. The molecule has 0 unspecified atom stereocenters. The first kappa shape index (κ1) is 19.1. The quantitative estimate of drug-likeness (QED) is 0.420. The third kappa shape index (κ3) is 7.73. The minimum absolute atomic E-state index is 0.0297. The number of hydrogen-bond donors (Lipinski definition) is 1. The Morgan fingerprint density at radius 1 is 1.39 bits per heavy atom. The molecule has 0 aliphatic rings. The molecule has 126 valence electrons. The van der Waals surface area contributed by atoms with E-state index in [1.165, 1.54) is 25.3 Å². The van der Waals surface area contributed by atoms with Crippen molar-refractivity contribution in [3.05, 3.63) is 34.3 Å². The summed E-state index contributed by atoms with van der Waals surface area (Å²) in [5, 5.41) is 2.57. The van der Waals surface area contributed by atoms with Crippen molar-refractivity contribution in [2.75, 3.05) is 13.7 Å². The van der Waals surface area contributed by atoms with Gasteiger partial charge in [0.2, 0.25) is 5.91 Å². The van der Waals surface area contributed by atoms with Crippen molar-refractivity contribution < 1.29 is 27.8 Å². The SMILES string of the molecule is COC(=O)CCCNC(=O)/C=C/c1cc(Br)ccc1OC(F)F. The van der Waals surface area contributed by atoms with Crippen LogP contribution in [-0.2, 0) is 14.3 Å². The molecule has 23 heavy (non-hydrogen) atoms. The number of methoxy groups -OCH3 is 1. The van der Waals surface area contributed by atoms with Gasteiger partial charge in [0, 0.05) is 29.1 Å². The molecule has 5 nitrogen and oxygen atoms in total. The molecule has 0 saturated carbocycles. The van der Waals surface area contributed by atoms with Gasteiger partial charge in [-0.2, -0.15) is 8.78 Å². The van der Waals surface area contributed by atoms with Crippen molar-refractivity contribution in [3.8, 4) is 5.75 Å². The van der Waals surface area contributed by atoms with Crippen molar-refractivity contribution >= 4 is 33.9 Å². The largest absolute Gasteiger partial charge is 0.469 e. The van der Waals surface area contributed by atoms with E-state index >= 15 is 0 Å². The minimum atomic E-state index is -2.95. The number of halogens is 3. The molecule has 1 N–H and O–H groups in total. The summed E-state index contributed by atoms with van der Waals surface area (Å²) in [4.78, 5) is 22.5. The van der Waals surface area contributed by atoms with Crippen molar-refractivity contribution in [1.82, 2.24) is 5.32 Å². The van der Waals surface area contributed by atoms with E-state index in [9.17, 15) is 18.4 Å². The normalized spacial score (nSPS) is 10.8. The average Bonchev–Trinajstić information content (AvgIpc) is 2.51. The first-order valence-electron chi connectivity index (χ1n) is 6.69. The molecular weight excluding hydrogens is 376 g/mol. The molecule has 1 rings (SSSR count). The van der Waals surface area contributed by atoms with Gasteiger partial charge < -0.3 is 14.8 Å². The first-order valence-corrected chi connectivity index (χ1v) is 7.48. The van der Waals surface area contributed by atoms with Crippen molar-refractivity contribution in [1.29, 1.82) is 0 Å². The second kappa shape index (κ2) is 9.94. The van der Waals surface area contributed by atoms with Gasteiger partial charge in [0.05, 0.1) is 7.11 Å². The zero-order valence-electron chi connectivity index (χ0n) is 12.4. The molecular formula is C15H16BrF2NO4. The minimum Gasteiger partial charge on any atom is -0.469 e. The zero-order chi connectivity index (χ0) is 17.2. The van der Waals surface area contributed by atoms with Gasteiger partial charge in [0.1, 0.15) is 5.75 Å². The van der Waals surface area contributed by atoms with E-state index in [-0.39, 0.29) is 18.1 Å². The predicted octanol–water partition coefficient (Wildman–Crippen LogP) is 3.13. The summed E-state index contributed by atoms with van der Waals surface area (Å²) in [7, 11) is 1.29. The monoisotopic (exact) mass is 391 g/mol. The van der Waals surface area contributed by atoms with Crippen LogP contribution < -0.4 is 10.1 Å². The summed E-state index contributed by atoms with van der Waals surface area (Å²) in [6.45, 7) is -2.65. The summed E-state index contributed by atoms with van der Waals surface area (Å²) in [5.41, 5.74) is 0.337. The number of carbonyl (C=O) groups is 2. The molecule has 1 aromatic carbocycles. The van der Waals surface area contributed by atoms with Crippen LogP contribution in [0.5, 0.6) is 5.75 Å². The molecule has 0 aromatic heterocycles. The van der Waals surface area contributed by atoms with E-state index in [1.807, 2.05) is 0 Å². The van der Waals surface area contributed by atoms with E-state index in [0.717, 1.165) is 0 Å². The highest BCUT2D eigenvalue weighted by Crippen LogP contribution is 2.25. The highest BCUT2D eigenvalue weighted by Gasteiger charge is 2.09. The van der Waals surface area contributed by atoms with E-state index in [4.69, 9.17) is 0 Å². The highest BCUT2D eigenvalue weighted by molar-refractivity contribution is 9.10. The van der Waals surface area contributed by atoms with Crippen molar-refractivity contribution in [2.45, 2.75) is 19.5 Å². The van der Waals surface area contributed by atoms with Gasteiger partial charge in [-0.05, 0) is 30.7 Å². The fraction of sp³-hybridized carbons (Fsp3) is 0.333. The molecule has 0 saturated heterocycles. The van der Waals surface area contributed by atoms with E-state index in [0.29, 0.717) is 23.0 Å². The Hall–Kier alpha value is -1.96. The Labute approximate surface area is 140 Å². The fourth-order valence-corrected chi connectivity index (χ4v) is 2.00. The maximum atomic E-state index is 12.3. The van der Waals surface area contributed by atoms with Gasteiger partial charge in [-0.25, -0.2) is 0 Å². The summed E-state index contributed by atoms with van der Waals surface area (Å²) >= 11 is 3.22. The maximum absolute atomic E-state index is 12.3. The van der Waals surface area contributed by atoms with Crippen LogP contribution in [0.15, 0.2) is 28.7 Å². The molecule has 8 heteroatoms. The number of alkyl halides is 2. The van der Waals surface area contributed by atoms with Gasteiger partial charge in [-0.1, -0.05) is 15.9 Å². The van der Waals surface area contributed by atoms with E-state index < -0.39 is 12.5 Å². The number of carbonyl (C=O) groups excluding carboxylic acids is 2. The molecule has 0 atom stereocenters. The predicted molar refractivity (Wildman–Crippen MR) is 84.1 cm³/mol. The number of ether oxygens (including phenoxy) is 2. The molecule has 0 aliphatic heterocycles. The van der Waals surface area contributed by atoms with E-state index in [2.05, 4.69) is 30.7 Å². The van der Waals surface area contributed by atoms with Gasteiger partial charge in [-0.3, -0.25) is 9.59 Å². The maximum Gasteiger partial charge on any atom is 0.387 e. The number of nitrogens with one attached hydrogen (secondary N) is 1. The summed E-state index contributed by atoms with van der Waals surface area (Å²) in [6, 6.07) is 4.49. The first-order chi connectivity index (χ1) is 10.9. The summed E-state index contributed by atoms with van der Waals surface area (Å²) in [5.74, 6) is -0.784. The van der Waals surface area contributed by atoms with Gasteiger partial charge in [0.25, 0.3) is 0 Å². The number of rotatable bonds is 8. The van der Waals surface area contributed by atoms with Crippen molar-refractivity contribution in [2.24, 2.45) is 0 Å². The van der Waals surface area contributed by atoms with Crippen LogP contribution in [0.4, 0.5) is 8.78 Å². The van der Waals surface area contributed by atoms with Crippen LogP contribution in [0, 0.1) is 0 Å². The second-order valence-electron chi connectivity index (χ2n) is 4.36. The lowest BCUT2D eigenvalue weighted by Gasteiger charge is -2.08. The van der Waals surface area contributed by atoms with Crippen LogP contribution in [0.2, 0.25) is 0 Å². The molecule has 1 aromatic rings. The lowest BCUT2D eigenvalue weighted by Crippen LogP contribution is -2.22. The highest BCUT2D eigenvalue weighted by atomic mass is 79.9. The third-order valence-electron chi connectivity index (χ3n) is 2.69. The van der Waals surface area contributed by atoms with Crippen LogP contribution >= 0.6 is 15.9 Å². The van der Waals surface area contributed by atoms with E-state index in [1.54, 1.807) is 12.1 Å². The Balaban J connectivity index is 2.57. The third-order valence-corrected chi connectivity index (χ3v) is 3.18. The average molecular weight is 392 g/mol. The molecule has 0 spiro atoms. The molecule has 0 aliphatic carbocycles. The molecule has 1 amide bonds. The molecule has 0 radical (unpaired) electrons. The fourth-order valence-electron chi connectivity index (χ4n) is 1.62. The smallest absolute Gasteiger partial charge is 0.387 e. The molecule has 0 heterocycles. The second-order valence-corrected chi connectivity index (χ2v) is 5.28.